The van der Waals surface area contributed by atoms with Crippen molar-refractivity contribution in [2.24, 2.45) is 5.41 Å². The third-order valence-corrected chi connectivity index (χ3v) is 1.89. The molecule has 0 aromatic heterocycles. The summed E-state index contributed by atoms with van der Waals surface area (Å²) in [6, 6.07) is 0. The lowest BCUT2D eigenvalue weighted by atomic mass is 9.91. The van der Waals surface area contributed by atoms with Gasteiger partial charge in [0.2, 0.25) is 5.91 Å². The molecular weight excluding hydrogens is 182 g/mol. The second kappa shape index (κ2) is 3.70. The summed E-state index contributed by atoms with van der Waals surface area (Å²) < 4.78 is 0. The Balaban J connectivity index is 4.69. The Kier molecular flexibility index (Phi) is 3.31. The summed E-state index contributed by atoms with van der Waals surface area (Å²) >= 11 is 0. The van der Waals surface area contributed by atoms with Gasteiger partial charge in [-0.2, -0.15) is 0 Å². The molecule has 0 bridgehead atoms. The van der Waals surface area contributed by atoms with Crippen molar-refractivity contribution in [2.75, 3.05) is 0 Å². The van der Waals surface area contributed by atoms with Crippen molar-refractivity contribution in [1.29, 1.82) is 0 Å². The lowest BCUT2D eigenvalue weighted by Crippen LogP contribution is -2.50. The van der Waals surface area contributed by atoms with Crippen molar-refractivity contribution in [1.82, 2.24) is 5.32 Å². The Morgan fingerprint density at radius 2 is 1.71 bits per heavy atom. The van der Waals surface area contributed by atoms with E-state index in [1.165, 1.54) is 13.8 Å². The molecule has 0 radical (unpaired) electrons. The van der Waals surface area contributed by atoms with Crippen molar-refractivity contribution in [3.63, 3.8) is 0 Å². The third kappa shape index (κ3) is 2.77. The molecule has 0 saturated carbocycles. The molecule has 0 heterocycles. The van der Waals surface area contributed by atoms with E-state index in [2.05, 4.69) is 11.2 Å². The predicted molar refractivity (Wildman–Crippen MR) is 52.5 cm³/mol. The van der Waals surface area contributed by atoms with Gasteiger partial charge in [-0.3, -0.25) is 9.59 Å². The number of terminal acetylenes is 1. The Bertz CT molecular complexity index is 297. The number of rotatable bonds is 3. The standard InChI is InChI=1S/C10H15NO3/c1-6-9(2,3)11-7(12)10(4,5)8(13)14/h1H,2-5H3,(H,11,12)(H,13,14). The summed E-state index contributed by atoms with van der Waals surface area (Å²) in [5, 5.41) is 11.2. The quantitative estimate of drug-likeness (QED) is 0.515. The van der Waals surface area contributed by atoms with Crippen molar-refractivity contribution in [3.8, 4) is 12.3 Å². The lowest BCUT2D eigenvalue weighted by molar-refractivity contribution is -0.153. The van der Waals surface area contributed by atoms with Crippen molar-refractivity contribution in [2.45, 2.75) is 33.2 Å². The van der Waals surface area contributed by atoms with E-state index in [-0.39, 0.29) is 0 Å². The summed E-state index contributed by atoms with van der Waals surface area (Å²) in [5.41, 5.74) is -2.29. The molecule has 0 fully saturated rings. The first-order chi connectivity index (χ1) is 6.13. The van der Waals surface area contributed by atoms with Crippen LogP contribution in [0.2, 0.25) is 0 Å². The minimum atomic E-state index is -1.46. The van der Waals surface area contributed by atoms with Crippen LogP contribution in [0.3, 0.4) is 0 Å². The highest BCUT2D eigenvalue weighted by atomic mass is 16.4. The maximum Gasteiger partial charge on any atom is 0.318 e. The van der Waals surface area contributed by atoms with E-state index in [0.717, 1.165) is 0 Å². The fourth-order valence-corrected chi connectivity index (χ4v) is 0.573. The van der Waals surface area contributed by atoms with Gasteiger partial charge in [0, 0.05) is 0 Å². The molecule has 0 unspecified atom stereocenters. The van der Waals surface area contributed by atoms with Gasteiger partial charge in [0.15, 0.2) is 0 Å². The Morgan fingerprint density at radius 3 is 2.00 bits per heavy atom. The number of hydrogen-bond acceptors (Lipinski definition) is 2. The smallest absolute Gasteiger partial charge is 0.318 e. The molecule has 0 atom stereocenters. The van der Waals surface area contributed by atoms with E-state index in [1.54, 1.807) is 13.8 Å². The van der Waals surface area contributed by atoms with Gasteiger partial charge < -0.3 is 10.4 Å². The third-order valence-electron chi connectivity index (χ3n) is 1.89. The zero-order valence-corrected chi connectivity index (χ0v) is 8.84. The summed E-state index contributed by atoms with van der Waals surface area (Å²) in [4.78, 5) is 22.2. The number of carboxylic acids is 1. The zero-order chi connectivity index (χ0) is 11.6. The zero-order valence-electron chi connectivity index (χ0n) is 8.84. The molecule has 78 valence electrons. The Labute approximate surface area is 83.7 Å². The molecule has 0 aliphatic carbocycles. The second-order valence-corrected chi connectivity index (χ2v) is 4.15. The largest absolute Gasteiger partial charge is 0.480 e. The van der Waals surface area contributed by atoms with Gasteiger partial charge >= 0.3 is 5.97 Å². The van der Waals surface area contributed by atoms with E-state index in [4.69, 9.17) is 11.5 Å². The number of aliphatic carboxylic acids is 1. The van der Waals surface area contributed by atoms with Crippen LogP contribution in [0.25, 0.3) is 0 Å². The minimum absolute atomic E-state index is 0.590. The number of carbonyl (C=O) groups is 2. The number of carboxylic acid groups (broad SMARTS) is 1. The molecule has 0 aromatic carbocycles. The van der Waals surface area contributed by atoms with Gasteiger partial charge in [0.05, 0.1) is 5.54 Å². The summed E-state index contributed by atoms with van der Waals surface area (Å²) in [7, 11) is 0. The van der Waals surface area contributed by atoms with Crippen molar-refractivity contribution in [3.05, 3.63) is 0 Å². The Hall–Kier alpha value is -1.50. The maximum atomic E-state index is 11.5. The molecule has 0 aromatic rings. The van der Waals surface area contributed by atoms with Gasteiger partial charge in [-0.25, -0.2) is 0 Å². The highest BCUT2D eigenvalue weighted by molar-refractivity contribution is 6.01. The topological polar surface area (TPSA) is 66.4 Å². The van der Waals surface area contributed by atoms with Gasteiger partial charge in [-0.1, -0.05) is 5.92 Å². The van der Waals surface area contributed by atoms with E-state index in [9.17, 15) is 9.59 Å². The van der Waals surface area contributed by atoms with Crippen LogP contribution in [0, 0.1) is 17.8 Å². The molecule has 14 heavy (non-hydrogen) atoms. The van der Waals surface area contributed by atoms with E-state index >= 15 is 0 Å². The first kappa shape index (κ1) is 12.5. The number of nitrogens with one attached hydrogen (secondary N) is 1. The normalized spacial score (nSPS) is 11.6. The van der Waals surface area contributed by atoms with Crippen molar-refractivity contribution < 1.29 is 14.7 Å². The van der Waals surface area contributed by atoms with Crippen LogP contribution in [0.4, 0.5) is 0 Å². The van der Waals surface area contributed by atoms with E-state index in [0.29, 0.717) is 0 Å². The molecular formula is C10H15NO3. The van der Waals surface area contributed by atoms with E-state index < -0.39 is 22.8 Å². The van der Waals surface area contributed by atoms with Crippen LogP contribution in [-0.4, -0.2) is 22.5 Å². The van der Waals surface area contributed by atoms with Gasteiger partial charge in [0.1, 0.15) is 5.41 Å². The summed E-state index contributed by atoms with van der Waals surface area (Å²) in [6.45, 7) is 5.92. The molecule has 0 saturated heterocycles. The average molecular weight is 197 g/mol. The molecule has 0 rings (SSSR count). The first-order valence-corrected chi connectivity index (χ1v) is 4.17. The average Bonchev–Trinajstić information content (AvgIpc) is 2.03. The van der Waals surface area contributed by atoms with Gasteiger partial charge in [0.25, 0.3) is 0 Å². The number of carbonyl (C=O) groups excluding carboxylic acids is 1. The van der Waals surface area contributed by atoms with Crippen LogP contribution >= 0.6 is 0 Å². The molecule has 4 heteroatoms. The van der Waals surface area contributed by atoms with Gasteiger partial charge in [-0.05, 0) is 27.7 Å². The highest BCUT2D eigenvalue weighted by Gasteiger charge is 2.38. The lowest BCUT2D eigenvalue weighted by Gasteiger charge is -2.25. The van der Waals surface area contributed by atoms with Crippen LogP contribution in [0.15, 0.2) is 0 Å². The number of amides is 1. The minimum Gasteiger partial charge on any atom is -0.480 e. The molecule has 0 aliphatic heterocycles. The summed E-state index contributed by atoms with van der Waals surface area (Å²) in [5.74, 6) is 0.591. The summed E-state index contributed by atoms with van der Waals surface area (Å²) in [6.07, 6.45) is 5.16. The number of hydrogen-bond donors (Lipinski definition) is 2. The monoisotopic (exact) mass is 197 g/mol. The van der Waals surface area contributed by atoms with Gasteiger partial charge in [-0.15, -0.1) is 6.42 Å². The molecule has 1 amide bonds. The molecule has 0 aliphatic rings. The highest BCUT2D eigenvalue weighted by Crippen LogP contribution is 2.16. The van der Waals surface area contributed by atoms with Crippen LogP contribution in [0.5, 0.6) is 0 Å². The maximum absolute atomic E-state index is 11.5. The predicted octanol–water partition coefficient (Wildman–Crippen LogP) is 0.625. The van der Waals surface area contributed by atoms with Crippen LogP contribution in [-0.2, 0) is 9.59 Å². The van der Waals surface area contributed by atoms with Crippen LogP contribution < -0.4 is 5.32 Å². The molecule has 0 spiro atoms. The molecule has 2 N–H and O–H groups in total. The van der Waals surface area contributed by atoms with Crippen molar-refractivity contribution >= 4 is 11.9 Å². The fraction of sp³-hybridized carbons (Fsp3) is 0.600. The fourth-order valence-electron chi connectivity index (χ4n) is 0.573. The Morgan fingerprint density at radius 1 is 1.29 bits per heavy atom. The SMILES string of the molecule is C#CC(C)(C)NC(=O)C(C)(C)C(=O)O. The molecule has 4 nitrogen and oxygen atoms in total. The van der Waals surface area contributed by atoms with Crippen LogP contribution in [0.1, 0.15) is 27.7 Å². The first-order valence-electron chi connectivity index (χ1n) is 4.17. The van der Waals surface area contributed by atoms with E-state index in [1.807, 2.05) is 0 Å². The second-order valence-electron chi connectivity index (χ2n) is 4.15.